The largest absolute Gasteiger partial charge is 0.291 e. The molecule has 0 aromatic carbocycles. The van der Waals surface area contributed by atoms with Gasteiger partial charge in [-0.1, -0.05) is 39.5 Å². The summed E-state index contributed by atoms with van der Waals surface area (Å²) < 4.78 is 0. The van der Waals surface area contributed by atoms with Crippen molar-refractivity contribution in [3.63, 3.8) is 0 Å². The number of unbranched alkanes of at least 4 members (excludes halogenated alkanes) is 3. The Bertz CT molecular complexity index is 185. The average molecular weight is 198 g/mol. The molecule has 0 amide bonds. The van der Waals surface area contributed by atoms with Gasteiger partial charge in [-0.25, -0.2) is 0 Å². The summed E-state index contributed by atoms with van der Waals surface area (Å²) in [4.78, 5) is 22.3. The monoisotopic (exact) mass is 198 g/mol. The van der Waals surface area contributed by atoms with Gasteiger partial charge in [0.15, 0.2) is 5.78 Å². The van der Waals surface area contributed by atoms with Gasteiger partial charge in [-0.3, -0.25) is 9.59 Å². The minimum absolute atomic E-state index is 0.0237. The smallest absolute Gasteiger partial charge is 0.201 e. The zero-order valence-electron chi connectivity index (χ0n) is 9.64. The van der Waals surface area contributed by atoms with E-state index in [1.54, 1.807) is 0 Å². The second kappa shape index (κ2) is 7.72. The lowest BCUT2D eigenvalue weighted by Crippen LogP contribution is -2.20. The van der Waals surface area contributed by atoms with Crippen molar-refractivity contribution in [3.05, 3.63) is 0 Å². The molecule has 82 valence electrons. The van der Waals surface area contributed by atoms with Crippen molar-refractivity contribution in [2.24, 2.45) is 5.92 Å². The van der Waals surface area contributed by atoms with E-state index in [-0.39, 0.29) is 17.5 Å². The molecule has 1 unspecified atom stereocenters. The highest BCUT2D eigenvalue weighted by atomic mass is 16.2. The van der Waals surface area contributed by atoms with Gasteiger partial charge in [-0.05, 0) is 12.8 Å². The van der Waals surface area contributed by atoms with Crippen LogP contribution in [0, 0.1) is 5.92 Å². The molecule has 0 N–H and O–H groups in total. The lowest BCUT2D eigenvalue weighted by molar-refractivity contribution is -0.138. The maximum atomic E-state index is 11.4. The number of carbonyl (C=O) groups excluding carboxylic acids is 2. The van der Waals surface area contributed by atoms with Crippen molar-refractivity contribution >= 4 is 11.6 Å². The van der Waals surface area contributed by atoms with Crippen molar-refractivity contribution in [2.75, 3.05) is 0 Å². The van der Waals surface area contributed by atoms with Crippen LogP contribution in [0.2, 0.25) is 0 Å². The average Bonchev–Trinajstić information content (AvgIpc) is 2.17. The number of hydrogen-bond acceptors (Lipinski definition) is 2. The van der Waals surface area contributed by atoms with Gasteiger partial charge in [0, 0.05) is 12.8 Å². The van der Waals surface area contributed by atoms with Gasteiger partial charge in [0.05, 0.1) is 0 Å². The van der Waals surface area contributed by atoms with E-state index in [0.29, 0.717) is 0 Å². The molecule has 0 rings (SSSR count). The molecule has 0 aliphatic rings. The van der Waals surface area contributed by atoms with Gasteiger partial charge in [0.2, 0.25) is 5.78 Å². The van der Waals surface area contributed by atoms with Crippen LogP contribution in [0.4, 0.5) is 0 Å². The maximum absolute atomic E-state index is 11.4. The van der Waals surface area contributed by atoms with Gasteiger partial charge in [-0.15, -0.1) is 0 Å². The fourth-order valence-corrected chi connectivity index (χ4v) is 1.63. The molecule has 14 heavy (non-hydrogen) atoms. The fraction of sp³-hybridized carbons (Fsp3) is 0.833. The summed E-state index contributed by atoms with van der Waals surface area (Å²) in [5.74, 6) is -0.485. The lowest BCUT2D eigenvalue weighted by Gasteiger charge is -2.10. The number of Topliss-reactive ketones (excluding diaryl/α,β-unsaturated/α-hetero) is 2. The first-order chi connectivity index (χ1) is 6.63. The van der Waals surface area contributed by atoms with Crippen molar-refractivity contribution in [1.82, 2.24) is 0 Å². The molecule has 0 saturated carbocycles. The van der Waals surface area contributed by atoms with Crippen LogP contribution in [0.1, 0.15) is 59.3 Å². The van der Waals surface area contributed by atoms with Gasteiger partial charge in [0.1, 0.15) is 0 Å². The van der Waals surface area contributed by atoms with E-state index in [9.17, 15) is 9.59 Å². The summed E-state index contributed by atoms with van der Waals surface area (Å²) in [5, 5.41) is 0. The molecule has 0 radical (unpaired) electrons. The van der Waals surface area contributed by atoms with E-state index in [2.05, 4.69) is 6.92 Å². The molecule has 0 heterocycles. The Kier molecular flexibility index (Phi) is 7.35. The molecule has 0 aromatic rings. The highest BCUT2D eigenvalue weighted by Crippen LogP contribution is 2.15. The predicted octanol–water partition coefficient (Wildman–Crippen LogP) is 3.14. The van der Waals surface area contributed by atoms with Crippen LogP contribution in [0.5, 0.6) is 0 Å². The summed E-state index contributed by atoms with van der Waals surface area (Å²) in [6.07, 6.45) is 6.37. The molecule has 0 fully saturated rings. The van der Waals surface area contributed by atoms with Crippen LogP contribution in [0.3, 0.4) is 0 Å². The van der Waals surface area contributed by atoms with Crippen LogP contribution in [-0.2, 0) is 9.59 Å². The van der Waals surface area contributed by atoms with Crippen molar-refractivity contribution in [2.45, 2.75) is 59.3 Å². The molecule has 0 saturated heterocycles. The molecule has 2 heteroatoms. The molecule has 0 aromatic heterocycles. The summed E-state index contributed by atoms with van der Waals surface area (Å²) in [5.41, 5.74) is 0. The first kappa shape index (κ1) is 13.3. The summed E-state index contributed by atoms with van der Waals surface area (Å²) in [6.45, 7) is 5.51. The Balaban J connectivity index is 3.79. The van der Waals surface area contributed by atoms with Crippen LogP contribution < -0.4 is 0 Å². The zero-order valence-corrected chi connectivity index (χ0v) is 9.64. The minimum atomic E-state index is -0.285. The molecule has 1 atom stereocenters. The fourth-order valence-electron chi connectivity index (χ4n) is 1.63. The standard InChI is InChI=1S/C12H22O2/c1-4-6-7-8-9-11(5-2)12(14)10(3)13/h11H,4-9H2,1-3H3. The summed E-state index contributed by atoms with van der Waals surface area (Å²) in [7, 11) is 0. The number of hydrogen-bond donors (Lipinski definition) is 0. The van der Waals surface area contributed by atoms with Crippen molar-refractivity contribution in [3.8, 4) is 0 Å². The number of rotatable bonds is 8. The molecular weight excluding hydrogens is 176 g/mol. The molecule has 0 aliphatic carbocycles. The third-order valence-corrected chi connectivity index (χ3v) is 2.62. The highest BCUT2D eigenvalue weighted by Gasteiger charge is 2.19. The van der Waals surface area contributed by atoms with Crippen molar-refractivity contribution in [1.29, 1.82) is 0 Å². The molecule has 2 nitrogen and oxygen atoms in total. The molecule has 0 spiro atoms. The first-order valence-electron chi connectivity index (χ1n) is 5.68. The van der Waals surface area contributed by atoms with Crippen LogP contribution >= 0.6 is 0 Å². The Hall–Kier alpha value is -0.660. The predicted molar refractivity (Wildman–Crippen MR) is 58.2 cm³/mol. The second-order valence-electron chi connectivity index (χ2n) is 3.87. The van der Waals surface area contributed by atoms with Gasteiger partial charge in [0.25, 0.3) is 0 Å². The normalized spacial score (nSPS) is 12.5. The molecular formula is C12H22O2. The lowest BCUT2D eigenvalue weighted by atomic mass is 9.92. The van der Waals surface area contributed by atoms with E-state index in [0.717, 1.165) is 19.3 Å². The Morgan fingerprint density at radius 3 is 2.14 bits per heavy atom. The Morgan fingerprint density at radius 2 is 1.71 bits per heavy atom. The SMILES string of the molecule is CCCCCCC(CC)C(=O)C(C)=O. The van der Waals surface area contributed by atoms with Crippen LogP contribution in [-0.4, -0.2) is 11.6 Å². The Labute approximate surface area is 87.1 Å². The third-order valence-electron chi connectivity index (χ3n) is 2.62. The number of carbonyl (C=O) groups is 2. The third kappa shape index (κ3) is 5.15. The first-order valence-corrected chi connectivity index (χ1v) is 5.68. The maximum Gasteiger partial charge on any atom is 0.201 e. The van der Waals surface area contributed by atoms with E-state index in [4.69, 9.17) is 0 Å². The molecule has 0 aliphatic heterocycles. The van der Waals surface area contributed by atoms with E-state index < -0.39 is 0 Å². The van der Waals surface area contributed by atoms with Crippen molar-refractivity contribution < 1.29 is 9.59 Å². The van der Waals surface area contributed by atoms with E-state index in [1.807, 2.05) is 6.92 Å². The Morgan fingerprint density at radius 1 is 1.07 bits per heavy atom. The minimum Gasteiger partial charge on any atom is -0.291 e. The van der Waals surface area contributed by atoms with E-state index in [1.165, 1.54) is 26.2 Å². The van der Waals surface area contributed by atoms with E-state index >= 15 is 0 Å². The highest BCUT2D eigenvalue weighted by molar-refractivity contribution is 6.36. The summed E-state index contributed by atoms with van der Waals surface area (Å²) in [6, 6.07) is 0. The van der Waals surface area contributed by atoms with Gasteiger partial charge >= 0.3 is 0 Å². The number of ketones is 2. The second-order valence-corrected chi connectivity index (χ2v) is 3.87. The van der Waals surface area contributed by atoms with Crippen LogP contribution in [0.15, 0.2) is 0 Å². The van der Waals surface area contributed by atoms with Gasteiger partial charge < -0.3 is 0 Å². The molecule has 0 bridgehead atoms. The van der Waals surface area contributed by atoms with Crippen LogP contribution in [0.25, 0.3) is 0 Å². The zero-order chi connectivity index (χ0) is 11.0. The topological polar surface area (TPSA) is 34.1 Å². The summed E-state index contributed by atoms with van der Waals surface area (Å²) >= 11 is 0. The van der Waals surface area contributed by atoms with Gasteiger partial charge in [-0.2, -0.15) is 0 Å². The quantitative estimate of drug-likeness (QED) is 0.443.